The van der Waals surface area contributed by atoms with Gasteiger partial charge in [-0.3, -0.25) is 4.79 Å². The summed E-state index contributed by atoms with van der Waals surface area (Å²) in [7, 11) is 1.47. The van der Waals surface area contributed by atoms with E-state index in [9.17, 15) is 9.59 Å². The van der Waals surface area contributed by atoms with Gasteiger partial charge < -0.3 is 4.74 Å². The number of benzene rings is 1. The van der Waals surface area contributed by atoms with E-state index in [-0.39, 0.29) is 17.2 Å². The van der Waals surface area contributed by atoms with E-state index in [2.05, 4.69) is 53.7 Å². The quantitative estimate of drug-likeness (QED) is 0.411. The van der Waals surface area contributed by atoms with Gasteiger partial charge in [0.05, 0.1) is 12.7 Å². The summed E-state index contributed by atoms with van der Waals surface area (Å²) in [5, 5.41) is 0. The minimum Gasteiger partial charge on any atom is -0.465 e. The van der Waals surface area contributed by atoms with Gasteiger partial charge in [0.2, 0.25) is 0 Å². The summed E-state index contributed by atoms with van der Waals surface area (Å²) in [6.07, 6.45) is 9.18. The van der Waals surface area contributed by atoms with Gasteiger partial charge in [-0.25, -0.2) is 4.79 Å². The lowest BCUT2D eigenvalue weighted by Gasteiger charge is -2.42. The van der Waals surface area contributed by atoms with Crippen molar-refractivity contribution in [1.82, 2.24) is 0 Å². The van der Waals surface area contributed by atoms with Crippen LogP contribution in [0.5, 0.6) is 0 Å². The van der Waals surface area contributed by atoms with Crippen LogP contribution in [0.1, 0.15) is 120 Å². The Morgan fingerprint density at radius 1 is 1.12 bits per heavy atom. The second-order valence-corrected chi connectivity index (χ2v) is 12.3. The molecule has 190 valence electrons. The van der Waals surface area contributed by atoms with Crippen molar-refractivity contribution in [3.8, 4) is 0 Å². The van der Waals surface area contributed by atoms with E-state index in [1.165, 1.54) is 39.2 Å². The molecule has 0 aliphatic heterocycles. The first-order valence-corrected chi connectivity index (χ1v) is 13.8. The first kappa shape index (κ1) is 27.0. The Hall–Kier alpha value is -1.64. The molecule has 4 rings (SSSR count). The number of esters is 1. The van der Waals surface area contributed by atoms with Gasteiger partial charge in [0, 0.05) is 12.8 Å². The second-order valence-electron chi connectivity index (χ2n) is 12.3. The zero-order valence-corrected chi connectivity index (χ0v) is 22.8. The van der Waals surface area contributed by atoms with Crippen LogP contribution in [-0.2, 0) is 16.0 Å². The zero-order valence-electron chi connectivity index (χ0n) is 22.8. The Kier molecular flexibility index (Phi) is 9.04. The van der Waals surface area contributed by atoms with Gasteiger partial charge in [0.25, 0.3) is 0 Å². The van der Waals surface area contributed by atoms with Gasteiger partial charge in [0.1, 0.15) is 5.78 Å². The molecule has 1 fully saturated rings. The molecule has 1 aromatic rings. The number of carbonyl (C=O) groups excluding carboxylic acids is 2. The average Bonchev–Trinajstić information content (AvgIpc) is 3.13. The normalized spacial score (nSPS) is 30.0. The van der Waals surface area contributed by atoms with Gasteiger partial charge in [-0.1, -0.05) is 66.5 Å². The van der Waals surface area contributed by atoms with E-state index < -0.39 is 0 Å². The van der Waals surface area contributed by atoms with Crippen molar-refractivity contribution in [2.75, 3.05) is 7.11 Å². The van der Waals surface area contributed by atoms with Crippen LogP contribution in [0.15, 0.2) is 18.2 Å². The molecule has 6 unspecified atom stereocenters. The Morgan fingerprint density at radius 3 is 2.53 bits per heavy atom. The smallest absolute Gasteiger partial charge is 0.338 e. The van der Waals surface area contributed by atoms with Crippen molar-refractivity contribution < 1.29 is 14.3 Å². The molecule has 34 heavy (non-hydrogen) atoms. The van der Waals surface area contributed by atoms with Crippen molar-refractivity contribution in [3.05, 3.63) is 34.9 Å². The largest absolute Gasteiger partial charge is 0.465 e. The zero-order chi connectivity index (χ0) is 25.0. The molecule has 3 aliphatic carbocycles. The maximum Gasteiger partial charge on any atom is 0.338 e. The third-order valence-electron chi connectivity index (χ3n) is 9.61. The SMILES string of the molecule is COC(=O)c1cc2ccc1C1CCC(C(C)CC(C)C(C)C)C1(C)CCCC(C)CCC(=O)C2. The lowest BCUT2D eigenvalue weighted by molar-refractivity contribution is -0.118. The first-order chi connectivity index (χ1) is 16.1. The maximum absolute atomic E-state index is 12.9. The number of rotatable bonds is 5. The number of fused-ring (bicyclic) bond motifs is 9. The van der Waals surface area contributed by atoms with Crippen LogP contribution in [0.4, 0.5) is 0 Å². The third kappa shape index (κ3) is 5.94. The fourth-order valence-corrected chi connectivity index (χ4v) is 7.10. The molecule has 3 heteroatoms. The van der Waals surface area contributed by atoms with Crippen molar-refractivity contribution in [3.63, 3.8) is 0 Å². The van der Waals surface area contributed by atoms with Crippen molar-refractivity contribution >= 4 is 11.8 Å². The number of hydrogen-bond donors (Lipinski definition) is 0. The highest BCUT2D eigenvalue weighted by Gasteiger charge is 2.49. The van der Waals surface area contributed by atoms with Crippen molar-refractivity contribution in [1.29, 1.82) is 0 Å². The monoisotopic (exact) mass is 468 g/mol. The van der Waals surface area contributed by atoms with E-state index in [4.69, 9.17) is 4.74 Å². The number of ketones is 1. The number of Topliss-reactive ketones (excluding diaryl/α,β-unsaturated/α-hetero) is 1. The fraction of sp³-hybridized carbons (Fsp3) is 0.742. The lowest BCUT2D eigenvalue weighted by Crippen LogP contribution is -2.33. The van der Waals surface area contributed by atoms with E-state index in [0.717, 1.165) is 29.9 Å². The summed E-state index contributed by atoms with van der Waals surface area (Å²) in [4.78, 5) is 25.5. The van der Waals surface area contributed by atoms with Gasteiger partial charge in [0.15, 0.2) is 0 Å². The molecule has 0 spiro atoms. The molecule has 3 nitrogen and oxygen atoms in total. The van der Waals surface area contributed by atoms with Crippen molar-refractivity contribution in [2.45, 2.75) is 105 Å². The van der Waals surface area contributed by atoms with Gasteiger partial charge in [-0.05, 0) is 90.2 Å². The molecule has 2 bridgehead atoms. The molecule has 0 amide bonds. The minimum absolute atomic E-state index is 0.167. The van der Waals surface area contributed by atoms with Gasteiger partial charge in [-0.2, -0.15) is 0 Å². The topological polar surface area (TPSA) is 43.4 Å². The molecular weight excluding hydrogens is 420 g/mol. The van der Waals surface area contributed by atoms with Crippen LogP contribution in [-0.4, -0.2) is 18.9 Å². The van der Waals surface area contributed by atoms with Crippen LogP contribution in [0, 0.1) is 35.0 Å². The lowest BCUT2D eigenvalue weighted by atomic mass is 9.63. The Labute approximate surface area is 208 Å². The number of methoxy groups -OCH3 is 1. The Balaban J connectivity index is 2.03. The highest BCUT2D eigenvalue weighted by molar-refractivity contribution is 5.92. The second kappa shape index (κ2) is 11.4. The summed E-state index contributed by atoms with van der Waals surface area (Å²) in [6.45, 7) is 14.4. The van der Waals surface area contributed by atoms with Crippen LogP contribution in [0.25, 0.3) is 0 Å². The standard InChI is InChI=1S/C31H48O3/c1-20(2)22(4)17-23(5)28-14-15-29-26-13-11-24(19-27(26)30(33)34-7)18-25(32)12-10-21(3)9-8-16-31(28,29)6/h11,13,19-23,28-29H,8-10,12,14-18H2,1-7H3. The molecule has 0 aromatic heterocycles. The number of hydrogen-bond acceptors (Lipinski definition) is 3. The van der Waals surface area contributed by atoms with E-state index >= 15 is 0 Å². The summed E-state index contributed by atoms with van der Waals surface area (Å²) >= 11 is 0. The summed E-state index contributed by atoms with van der Waals surface area (Å²) in [5.74, 6) is 3.70. The first-order valence-electron chi connectivity index (χ1n) is 13.8. The average molecular weight is 469 g/mol. The summed E-state index contributed by atoms with van der Waals surface area (Å²) in [6, 6.07) is 6.19. The minimum atomic E-state index is -0.266. The van der Waals surface area contributed by atoms with E-state index in [1.807, 2.05) is 6.07 Å². The van der Waals surface area contributed by atoms with Crippen LogP contribution < -0.4 is 0 Å². The molecule has 0 radical (unpaired) electrons. The van der Waals surface area contributed by atoms with E-state index in [0.29, 0.717) is 48.0 Å². The van der Waals surface area contributed by atoms with Crippen LogP contribution >= 0.6 is 0 Å². The predicted molar refractivity (Wildman–Crippen MR) is 140 cm³/mol. The Morgan fingerprint density at radius 2 is 1.85 bits per heavy atom. The van der Waals surface area contributed by atoms with Crippen LogP contribution in [0.3, 0.4) is 0 Å². The molecule has 0 saturated heterocycles. The predicted octanol–water partition coefficient (Wildman–Crippen LogP) is 8.00. The summed E-state index contributed by atoms with van der Waals surface area (Å²) < 4.78 is 5.23. The van der Waals surface area contributed by atoms with E-state index in [1.54, 1.807) is 0 Å². The molecule has 3 aliphatic rings. The highest BCUT2D eigenvalue weighted by atomic mass is 16.5. The fourth-order valence-electron chi connectivity index (χ4n) is 7.10. The van der Waals surface area contributed by atoms with Gasteiger partial charge in [-0.15, -0.1) is 0 Å². The highest BCUT2D eigenvalue weighted by Crippen LogP contribution is 2.59. The van der Waals surface area contributed by atoms with Crippen molar-refractivity contribution in [2.24, 2.45) is 35.0 Å². The molecule has 1 aromatic carbocycles. The number of carbonyl (C=O) groups is 2. The third-order valence-corrected chi connectivity index (χ3v) is 9.61. The molecule has 0 N–H and O–H groups in total. The van der Waals surface area contributed by atoms with Gasteiger partial charge >= 0.3 is 5.97 Å². The Bertz CT molecular complexity index is 856. The molecule has 6 atom stereocenters. The van der Waals surface area contributed by atoms with Crippen LogP contribution in [0.2, 0.25) is 0 Å². The molecule has 0 heterocycles. The summed E-state index contributed by atoms with van der Waals surface area (Å²) in [5.41, 5.74) is 2.93. The maximum atomic E-state index is 12.9. The molecular formula is C31H48O3. The molecule has 1 saturated carbocycles. The number of ether oxygens (including phenoxy) is 1.